The lowest BCUT2D eigenvalue weighted by atomic mass is 10.1. The van der Waals surface area contributed by atoms with Crippen LogP contribution in [0.5, 0.6) is 0 Å². The monoisotopic (exact) mass is 340 g/mol. The number of halogens is 1. The number of hydrogen-bond acceptors (Lipinski definition) is 4. The number of hydrazine groups is 1. The SMILES string of the molecule is CCc1ccc(C(Cc2c(Br)c(CC)nn2C)NN)o1. The zero-order valence-electron chi connectivity index (χ0n) is 12.1. The van der Waals surface area contributed by atoms with Crippen molar-refractivity contribution in [2.24, 2.45) is 12.9 Å². The van der Waals surface area contributed by atoms with Gasteiger partial charge in [0.05, 0.1) is 21.9 Å². The lowest BCUT2D eigenvalue weighted by Crippen LogP contribution is -2.30. The molecule has 2 aromatic rings. The smallest absolute Gasteiger partial charge is 0.122 e. The first kappa shape index (κ1) is 15.3. The van der Waals surface area contributed by atoms with Gasteiger partial charge in [0.25, 0.3) is 0 Å². The van der Waals surface area contributed by atoms with E-state index >= 15 is 0 Å². The molecule has 6 heteroatoms. The number of hydrogen-bond donors (Lipinski definition) is 2. The van der Waals surface area contributed by atoms with Gasteiger partial charge in [-0.15, -0.1) is 0 Å². The van der Waals surface area contributed by atoms with Crippen molar-refractivity contribution < 1.29 is 4.42 Å². The van der Waals surface area contributed by atoms with Gasteiger partial charge in [0.15, 0.2) is 0 Å². The minimum Gasteiger partial charge on any atom is -0.464 e. The fourth-order valence-corrected chi connectivity index (χ4v) is 3.03. The Bertz CT molecular complexity index is 576. The van der Waals surface area contributed by atoms with Gasteiger partial charge in [-0.1, -0.05) is 13.8 Å². The van der Waals surface area contributed by atoms with Crippen LogP contribution in [0, 0.1) is 0 Å². The molecule has 2 aromatic heterocycles. The van der Waals surface area contributed by atoms with E-state index in [-0.39, 0.29) is 6.04 Å². The Kier molecular flexibility index (Phi) is 5.01. The molecule has 110 valence electrons. The first-order valence-corrected chi connectivity index (χ1v) is 7.64. The van der Waals surface area contributed by atoms with Gasteiger partial charge in [-0.2, -0.15) is 5.10 Å². The molecule has 1 unspecified atom stereocenters. The molecular formula is C14H21BrN4O. The summed E-state index contributed by atoms with van der Waals surface area (Å²) < 4.78 is 8.74. The lowest BCUT2D eigenvalue weighted by molar-refractivity contribution is 0.391. The Balaban J connectivity index is 2.24. The summed E-state index contributed by atoms with van der Waals surface area (Å²) in [5.41, 5.74) is 5.00. The molecule has 0 radical (unpaired) electrons. The molecule has 0 spiro atoms. The van der Waals surface area contributed by atoms with Crippen LogP contribution in [-0.2, 0) is 26.3 Å². The summed E-state index contributed by atoms with van der Waals surface area (Å²) in [5, 5.41) is 4.50. The van der Waals surface area contributed by atoms with Crippen molar-refractivity contribution in [1.29, 1.82) is 0 Å². The van der Waals surface area contributed by atoms with E-state index in [9.17, 15) is 0 Å². The molecule has 0 saturated carbocycles. The molecule has 0 aliphatic rings. The van der Waals surface area contributed by atoms with Crippen molar-refractivity contribution >= 4 is 15.9 Å². The first-order chi connectivity index (χ1) is 9.60. The average molecular weight is 341 g/mol. The van der Waals surface area contributed by atoms with Gasteiger partial charge in [-0.05, 0) is 34.5 Å². The maximum absolute atomic E-state index is 5.78. The van der Waals surface area contributed by atoms with Crippen LogP contribution in [0.2, 0.25) is 0 Å². The van der Waals surface area contributed by atoms with Crippen molar-refractivity contribution in [1.82, 2.24) is 15.2 Å². The Hall–Kier alpha value is -1.11. The highest BCUT2D eigenvalue weighted by molar-refractivity contribution is 9.10. The third-order valence-electron chi connectivity index (χ3n) is 3.48. The highest BCUT2D eigenvalue weighted by Crippen LogP contribution is 2.27. The number of aryl methyl sites for hydroxylation is 3. The Morgan fingerprint density at radius 1 is 1.40 bits per heavy atom. The lowest BCUT2D eigenvalue weighted by Gasteiger charge is -2.14. The van der Waals surface area contributed by atoms with Gasteiger partial charge in [0.2, 0.25) is 0 Å². The zero-order chi connectivity index (χ0) is 14.7. The van der Waals surface area contributed by atoms with E-state index in [1.54, 1.807) is 0 Å². The maximum Gasteiger partial charge on any atom is 0.122 e. The first-order valence-electron chi connectivity index (χ1n) is 6.85. The molecule has 0 aromatic carbocycles. The van der Waals surface area contributed by atoms with Crippen molar-refractivity contribution in [2.75, 3.05) is 0 Å². The predicted octanol–water partition coefficient (Wildman–Crippen LogP) is 2.65. The largest absolute Gasteiger partial charge is 0.464 e. The molecule has 1 atom stereocenters. The van der Waals surface area contributed by atoms with Crippen molar-refractivity contribution in [3.63, 3.8) is 0 Å². The number of nitrogens with zero attached hydrogens (tertiary/aromatic N) is 2. The van der Waals surface area contributed by atoms with Gasteiger partial charge < -0.3 is 4.42 Å². The second kappa shape index (κ2) is 6.56. The van der Waals surface area contributed by atoms with E-state index in [0.717, 1.165) is 46.6 Å². The molecular weight excluding hydrogens is 320 g/mol. The van der Waals surface area contributed by atoms with E-state index in [1.807, 2.05) is 23.9 Å². The molecule has 0 aliphatic heterocycles. The van der Waals surface area contributed by atoms with E-state index in [2.05, 4.69) is 40.3 Å². The molecule has 0 aliphatic carbocycles. The number of nitrogens with two attached hydrogens (primary N) is 1. The third kappa shape index (κ3) is 2.97. The molecule has 3 N–H and O–H groups in total. The van der Waals surface area contributed by atoms with Gasteiger partial charge in [-0.25, -0.2) is 5.43 Å². The topological polar surface area (TPSA) is 69.0 Å². The van der Waals surface area contributed by atoms with Crippen LogP contribution in [0.1, 0.15) is 42.8 Å². The van der Waals surface area contributed by atoms with E-state index in [4.69, 9.17) is 10.3 Å². The molecule has 0 amide bonds. The van der Waals surface area contributed by atoms with Crippen LogP contribution < -0.4 is 11.3 Å². The van der Waals surface area contributed by atoms with Crippen molar-refractivity contribution in [2.45, 2.75) is 39.2 Å². The van der Waals surface area contributed by atoms with Gasteiger partial charge >= 0.3 is 0 Å². The zero-order valence-corrected chi connectivity index (χ0v) is 13.7. The summed E-state index contributed by atoms with van der Waals surface area (Å²) in [5.74, 6) is 7.52. The fraction of sp³-hybridized carbons (Fsp3) is 0.500. The molecule has 2 heterocycles. The number of aromatic nitrogens is 2. The van der Waals surface area contributed by atoms with Crippen LogP contribution >= 0.6 is 15.9 Å². The van der Waals surface area contributed by atoms with Gasteiger partial charge in [-0.3, -0.25) is 10.5 Å². The minimum atomic E-state index is -0.0632. The summed E-state index contributed by atoms with van der Waals surface area (Å²) in [6.45, 7) is 4.16. The average Bonchev–Trinajstić information content (AvgIpc) is 3.02. The number of rotatable bonds is 6. The Morgan fingerprint density at radius 2 is 2.15 bits per heavy atom. The second-order valence-corrected chi connectivity index (χ2v) is 5.56. The van der Waals surface area contributed by atoms with Gasteiger partial charge in [0, 0.05) is 19.9 Å². The molecule has 0 saturated heterocycles. The van der Waals surface area contributed by atoms with Crippen LogP contribution in [0.25, 0.3) is 0 Å². The number of nitrogens with one attached hydrogen (secondary N) is 1. The molecule has 2 rings (SSSR count). The van der Waals surface area contributed by atoms with E-state index in [1.165, 1.54) is 0 Å². The molecule has 0 fully saturated rings. The maximum atomic E-state index is 5.78. The summed E-state index contributed by atoms with van der Waals surface area (Å²) in [6.07, 6.45) is 2.50. The van der Waals surface area contributed by atoms with Crippen LogP contribution in [0.15, 0.2) is 21.0 Å². The third-order valence-corrected chi connectivity index (χ3v) is 4.39. The quantitative estimate of drug-likeness (QED) is 0.626. The van der Waals surface area contributed by atoms with E-state index in [0.29, 0.717) is 0 Å². The standard InChI is InChI=1S/C14H21BrN4O/c1-4-9-6-7-13(20-9)11(17-16)8-12-14(15)10(5-2)18-19(12)3/h6-7,11,17H,4-5,8,16H2,1-3H3. The molecule has 0 bridgehead atoms. The second-order valence-electron chi connectivity index (χ2n) is 4.77. The fourth-order valence-electron chi connectivity index (χ4n) is 2.25. The summed E-state index contributed by atoms with van der Waals surface area (Å²) in [6, 6.07) is 3.91. The van der Waals surface area contributed by atoms with Crippen LogP contribution in [0.4, 0.5) is 0 Å². The van der Waals surface area contributed by atoms with Crippen molar-refractivity contribution in [3.8, 4) is 0 Å². The normalized spacial score (nSPS) is 12.8. The highest BCUT2D eigenvalue weighted by Gasteiger charge is 2.20. The Morgan fingerprint density at radius 3 is 2.65 bits per heavy atom. The van der Waals surface area contributed by atoms with Gasteiger partial charge in [0.1, 0.15) is 11.5 Å². The molecule has 5 nitrogen and oxygen atoms in total. The Labute approximate surface area is 127 Å². The summed E-state index contributed by atoms with van der Waals surface area (Å²) >= 11 is 3.63. The highest BCUT2D eigenvalue weighted by atomic mass is 79.9. The minimum absolute atomic E-state index is 0.0632. The summed E-state index contributed by atoms with van der Waals surface area (Å²) in [4.78, 5) is 0. The predicted molar refractivity (Wildman–Crippen MR) is 82.1 cm³/mol. The van der Waals surface area contributed by atoms with Crippen molar-refractivity contribution in [3.05, 3.63) is 39.5 Å². The van der Waals surface area contributed by atoms with Crippen LogP contribution in [0.3, 0.4) is 0 Å². The summed E-state index contributed by atoms with van der Waals surface area (Å²) in [7, 11) is 1.95. The van der Waals surface area contributed by atoms with Crippen LogP contribution in [-0.4, -0.2) is 9.78 Å². The molecule has 20 heavy (non-hydrogen) atoms. The van der Waals surface area contributed by atoms with E-state index < -0.39 is 0 Å². The number of furan rings is 1.